The van der Waals surface area contributed by atoms with Crippen molar-refractivity contribution in [3.8, 4) is 0 Å². The van der Waals surface area contributed by atoms with Gasteiger partial charge in [-0.05, 0) is 43.4 Å². The lowest BCUT2D eigenvalue weighted by atomic mass is 9.97. The highest BCUT2D eigenvalue weighted by molar-refractivity contribution is 9.10. The van der Waals surface area contributed by atoms with Gasteiger partial charge in [-0.3, -0.25) is 4.79 Å². The zero-order valence-corrected chi connectivity index (χ0v) is 15.5. The summed E-state index contributed by atoms with van der Waals surface area (Å²) in [6, 6.07) is 8.02. The van der Waals surface area contributed by atoms with Crippen molar-refractivity contribution < 1.29 is 13.2 Å². The van der Waals surface area contributed by atoms with Gasteiger partial charge in [-0.1, -0.05) is 28.1 Å². The van der Waals surface area contributed by atoms with E-state index in [0.717, 1.165) is 35.7 Å². The fourth-order valence-electron chi connectivity index (χ4n) is 3.18. The van der Waals surface area contributed by atoms with Crippen LogP contribution in [0.5, 0.6) is 0 Å². The molecule has 1 unspecified atom stereocenters. The number of sulfonamides is 1. The topological polar surface area (TPSA) is 66.5 Å². The van der Waals surface area contributed by atoms with Crippen LogP contribution in [0.25, 0.3) is 0 Å². The number of benzene rings is 1. The minimum atomic E-state index is -3.23. The third kappa shape index (κ3) is 3.78. The highest BCUT2D eigenvalue weighted by Gasteiger charge is 2.46. The van der Waals surface area contributed by atoms with Crippen LogP contribution in [0.1, 0.15) is 31.2 Å². The second-order valence-corrected chi connectivity index (χ2v) is 9.44. The molecule has 1 aliphatic heterocycles. The van der Waals surface area contributed by atoms with Crippen molar-refractivity contribution >= 4 is 31.9 Å². The molecule has 23 heavy (non-hydrogen) atoms. The molecule has 0 spiro atoms. The summed E-state index contributed by atoms with van der Waals surface area (Å²) in [5.41, 5.74) is 0.857. The minimum absolute atomic E-state index is 0.0289. The zero-order valence-electron chi connectivity index (χ0n) is 13.1. The Kier molecular flexibility index (Phi) is 4.55. The molecule has 0 radical (unpaired) electrons. The number of nitrogens with one attached hydrogen (secondary N) is 1. The Balaban J connectivity index is 1.68. The maximum Gasteiger partial charge on any atom is 0.225 e. The van der Waals surface area contributed by atoms with E-state index in [0.29, 0.717) is 13.1 Å². The Morgan fingerprint density at radius 1 is 1.30 bits per heavy atom. The van der Waals surface area contributed by atoms with Crippen LogP contribution in [0, 0.1) is 5.92 Å². The smallest absolute Gasteiger partial charge is 0.225 e. The second-order valence-electron chi connectivity index (χ2n) is 6.54. The van der Waals surface area contributed by atoms with Crippen LogP contribution in [0.3, 0.4) is 0 Å². The van der Waals surface area contributed by atoms with E-state index in [2.05, 4.69) is 21.2 Å². The molecule has 126 valence electrons. The van der Waals surface area contributed by atoms with Crippen LogP contribution in [0.4, 0.5) is 0 Å². The van der Waals surface area contributed by atoms with Gasteiger partial charge in [-0.2, -0.15) is 0 Å². The summed E-state index contributed by atoms with van der Waals surface area (Å²) in [6.07, 6.45) is 4.55. The number of rotatable bonds is 4. The maximum atomic E-state index is 12.6. The van der Waals surface area contributed by atoms with Gasteiger partial charge in [0.15, 0.2) is 0 Å². The van der Waals surface area contributed by atoms with Crippen LogP contribution < -0.4 is 5.32 Å². The van der Waals surface area contributed by atoms with Crippen LogP contribution in [-0.2, 0) is 20.4 Å². The maximum absolute atomic E-state index is 12.6. The molecule has 2 aliphatic rings. The summed E-state index contributed by atoms with van der Waals surface area (Å²) in [5.74, 6) is -0.287. The standard InChI is InChI=1S/C16H21BrN2O3S/c1-23(21,22)19-10-2-3-12(11-19)15(20)18-16(8-9-16)13-4-6-14(17)7-5-13/h4-7,12H,2-3,8-11H2,1H3,(H,18,20). The predicted molar refractivity (Wildman–Crippen MR) is 92.3 cm³/mol. The first kappa shape index (κ1) is 16.9. The first-order valence-corrected chi connectivity index (χ1v) is 10.5. The normalized spacial score (nSPS) is 24.2. The molecule has 1 aliphatic carbocycles. The molecule has 1 saturated carbocycles. The molecule has 1 N–H and O–H groups in total. The van der Waals surface area contributed by atoms with Crippen molar-refractivity contribution in [2.75, 3.05) is 19.3 Å². The van der Waals surface area contributed by atoms with Crippen LogP contribution >= 0.6 is 15.9 Å². The first-order valence-electron chi connectivity index (χ1n) is 7.83. The lowest BCUT2D eigenvalue weighted by Crippen LogP contribution is -2.47. The number of nitrogens with zero attached hydrogens (tertiary/aromatic N) is 1. The van der Waals surface area contributed by atoms with E-state index in [1.54, 1.807) is 0 Å². The molecule has 1 amide bonds. The summed E-state index contributed by atoms with van der Waals surface area (Å²) in [4.78, 5) is 12.6. The third-order valence-electron chi connectivity index (χ3n) is 4.73. The largest absolute Gasteiger partial charge is 0.346 e. The molecule has 1 saturated heterocycles. The summed E-state index contributed by atoms with van der Waals surface area (Å²) in [5, 5.41) is 3.17. The molecular formula is C16H21BrN2O3S. The van der Waals surface area contributed by atoms with Crippen LogP contribution in [0.15, 0.2) is 28.7 Å². The molecule has 1 heterocycles. The van der Waals surface area contributed by atoms with Crippen molar-refractivity contribution in [3.63, 3.8) is 0 Å². The molecule has 3 rings (SSSR count). The highest BCUT2D eigenvalue weighted by Crippen LogP contribution is 2.46. The molecule has 2 fully saturated rings. The quantitative estimate of drug-likeness (QED) is 0.842. The van der Waals surface area contributed by atoms with E-state index >= 15 is 0 Å². The van der Waals surface area contributed by atoms with Crippen molar-refractivity contribution in [1.29, 1.82) is 0 Å². The van der Waals surface area contributed by atoms with Gasteiger partial charge in [0.05, 0.1) is 17.7 Å². The molecule has 7 heteroatoms. The molecule has 1 aromatic carbocycles. The number of carbonyl (C=O) groups is 1. The van der Waals surface area contributed by atoms with Gasteiger partial charge in [-0.15, -0.1) is 0 Å². The molecule has 0 bridgehead atoms. The van der Waals surface area contributed by atoms with E-state index < -0.39 is 10.0 Å². The van der Waals surface area contributed by atoms with Crippen LogP contribution in [0.2, 0.25) is 0 Å². The van der Waals surface area contributed by atoms with E-state index in [1.165, 1.54) is 10.6 Å². The number of carbonyl (C=O) groups excluding carboxylic acids is 1. The van der Waals surface area contributed by atoms with Gasteiger partial charge >= 0.3 is 0 Å². The second kappa shape index (κ2) is 6.18. The van der Waals surface area contributed by atoms with E-state index in [1.807, 2.05) is 24.3 Å². The number of piperidine rings is 1. The highest BCUT2D eigenvalue weighted by atomic mass is 79.9. The summed E-state index contributed by atoms with van der Waals surface area (Å²) in [6.45, 7) is 0.807. The fourth-order valence-corrected chi connectivity index (χ4v) is 4.35. The van der Waals surface area contributed by atoms with Crippen molar-refractivity contribution in [3.05, 3.63) is 34.3 Å². The summed E-state index contributed by atoms with van der Waals surface area (Å²) in [7, 11) is -3.23. The lowest BCUT2D eigenvalue weighted by molar-refractivity contribution is -0.127. The monoisotopic (exact) mass is 400 g/mol. The van der Waals surface area contributed by atoms with Gasteiger partial charge < -0.3 is 5.32 Å². The van der Waals surface area contributed by atoms with E-state index in [4.69, 9.17) is 0 Å². The molecule has 5 nitrogen and oxygen atoms in total. The van der Waals surface area contributed by atoms with Crippen molar-refractivity contribution in [2.45, 2.75) is 31.2 Å². The average molecular weight is 401 g/mol. The number of amides is 1. The van der Waals surface area contributed by atoms with E-state index in [-0.39, 0.29) is 17.4 Å². The third-order valence-corrected chi connectivity index (χ3v) is 6.53. The molecule has 0 aromatic heterocycles. The van der Waals surface area contributed by atoms with Gasteiger partial charge in [0.25, 0.3) is 0 Å². The molecule has 1 aromatic rings. The van der Waals surface area contributed by atoms with Crippen molar-refractivity contribution in [2.24, 2.45) is 5.92 Å². The Hall–Kier alpha value is -0.920. The van der Waals surface area contributed by atoms with Gasteiger partial charge in [-0.25, -0.2) is 12.7 Å². The predicted octanol–water partition coefficient (Wildman–Crippen LogP) is 2.23. The van der Waals surface area contributed by atoms with Crippen molar-refractivity contribution in [1.82, 2.24) is 9.62 Å². The average Bonchev–Trinajstić information content (AvgIpc) is 3.28. The Morgan fingerprint density at radius 2 is 1.96 bits per heavy atom. The first-order chi connectivity index (χ1) is 10.8. The Labute approximate surface area is 145 Å². The van der Waals surface area contributed by atoms with Gasteiger partial charge in [0, 0.05) is 17.6 Å². The zero-order chi connectivity index (χ0) is 16.7. The number of hydrogen-bond acceptors (Lipinski definition) is 3. The van der Waals surface area contributed by atoms with Gasteiger partial charge in [0.1, 0.15) is 0 Å². The Bertz CT molecular complexity index is 699. The molecule has 1 atom stereocenters. The number of hydrogen-bond donors (Lipinski definition) is 1. The summed E-state index contributed by atoms with van der Waals surface area (Å²) < 4.78 is 25.8. The van der Waals surface area contributed by atoms with Gasteiger partial charge in [0.2, 0.25) is 15.9 Å². The SMILES string of the molecule is CS(=O)(=O)N1CCCC(C(=O)NC2(c3ccc(Br)cc3)CC2)C1. The Morgan fingerprint density at radius 3 is 2.52 bits per heavy atom. The fraction of sp³-hybridized carbons (Fsp3) is 0.562. The summed E-state index contributed by atoms with van der Waals surface area (Å²) >= 11 is 3.42. The molecular weight excluding hydrogens is 380 g/mol. The van der Waals surface area contributed by atoms with E-state index in [9.17, 15) is 13.2 Å². The number of halogens is 1. The van der Waals surface area contributed by atoms with Crippen LogP contribution in [-0.4, -0.2) is 38.0 Å². The minimum Gasteiger partial charge on any atom is -0.346 e. The lowest BCUT2D eigenvalue weighted by Gasteiger charge is -2.31.